The highest BCUT2D eigenvalue weighted by molar-refractivity contribution is 6.30. The number of nitrogens with one attached hydrogen (secondary N) is 1. The lowest BCUT2D eigenvalue weighted by Gasteiger charge is -2.30. The summed E-state index contributed by atoms with van der Waals surface area (Å²) in [7, 11) is 0. The van der Waals surface area contributed by atoms with Crippen molar-refractivity contribution < 1.29 is 14.3 Å². The van der Waals surface area contributed by atoms with Gasteiger partial charge in [-0.2, -0.15) is 0 Å². The Kier molecular flexibility index (Phi) is 6.72. The molecule has 0 atom stereocenters. The van der Waals surface area contributed by atoms with Crippen molar-refractivity contribution >= 4 is 35.0 Å². The van der Waals surface area contributed by atoms with E-state index in [4.69, 9.17) is 16.3 Å². The Morgan fingerprint density at radius 3 is 2.60 bits per heavy atom. The number of aromatic nitrogens is 2. The number of carbonyl (C=O) groups is 2. The third-order valence-electron chi connectivity index (χ3n) is 4.32. The molecule has 0 fully saturated rings. The smallest absolute Gasteiger partial charge is 0.410 e. The molecule has 1 aliphatic rings. The van der Waals surface area contributed by atoms with E-state index in [1.807, 2.05) is 32.9 Å². The normalized spacial score (nSPS) is 14.1. The Bertz CT molecular complexity index is 934. The number of amides is 2. The zero-order valence-electron chi connectivity index (χ0n) is 17.3. The maximum absolute atomic E-state index is 12.3. The Morgan fingerprint density at radius 1 is 1.17 bits per heavy atom. The van der Waals surface area contributed by atoms with E-state index >= 15 is 0 Å². The monoisotopic (exact) mass is 428 g/mol. The van der Waals surface area contributed by atoms with Crippen molar-refractivity contribution in [3.8, 4) is 0 Å². The van der Waals surface area contributed by atoms with E-state index in [1.165, 1.54) is 6.20 Å². The largest absolute Gasteiger partial charge is 0.444 e. The third kappa shape index (κ3) is 6.29. The lowest BCUT2D eigenvalue weighted by atomic mass is 10.0. The number of hydrogen-bond acceptors (Lipinski definition) is 5. The average Bonchev–Trinajstić information content (AvgIpc) is 2.69. The van der Waals surface area contributed by atoms with Crippen molar-refractivity contribution in [2.45, 2.75) is 39.2 Å². The lowest BCUT2D eigenvalue weighted by molar-refractivity contribution is -0.115. The molecule has 0 aromatic carbocycles. The number of ether oxygens (including phenoxy) is 1. The summed E-state index contributed by atoms with van der Waals surface area (Å²) in [5.41, 5.74) is 2.01. The highest BCUT2D eigenvalue weighted by Crippen LogP contribution is 2.21. The summed E-state index contributed by atoms with van der Waals surface area (Å²) in [6.07, 6.45) is 5.85. The Balaban J connectivity index is 1.58. The third-order valence-corrected chi connectivity index (χ3v) is 4.54. The number of hydrogen-bond donors (Lipinski definition) is 1. The number of rotatable bonds is 4. The molecule has 7 nitrogen and oxygen atoms in total. The Morgan fingerprint density at radius 2 is 1.97 bits per heavy atom. The molecule has 0 aliphatic carbocycles. The van der Waals surface area contributed by atoms with E-state index in [2.05, 4.69) is 21.4 Å². The first kappa shape index (κ1) is 21.8. The fourth-order valence-electron chi connectivity index (χ4n) is 2.95. The summed E-state index contributed by atoms with van der Waals surface area (Å²) < 4.78 is 5.46. The van der Waals surface area contributed by atoms with Crippen LogP contribution in [-0.4, -0.2) is 45.6 Å². The quantitative estimate of drug-likeness (QED) is 0.783. The van der Waals surface area contributed by atoms with Gasteiger partial charge in [0.15, 0.2) is 0 Å². The molecule has 2 amide bonds. The van der Waals surface area contributed by atoms with Gasteiger partial charge < -0.3 is 15.0 Å². The van der Waals surface area contributed by atoms with E-state index < -0.39 is 5.60 Å². The van der Waals surface area contributed by atoms with Crippen molar-refractivity contribution in [3.63, 3.8) is 0 Å². The molecule has 30 heavy (non-hydrogen) atoms. The summed E-state index contributed by atoms with van der Waals surface area (Å²) in [5, 5.41) is 3.24. The molecular formula is C22H25ClN4O3. The van der Waals surface area contributed by atoms with Gasteiger partial charge in [0, 0.05) is 18.9 Å². The molecule has 0 spiro atoms. The predicted molar refractivity (Wildman–Crippen MR) is 116 cm³/mol. The molecule has 3 rings (SSSR count). The topological polar surface area (TPSA) is 84.4 Å². The molecule has 1 aliphatic heterocycles. The van der Waals surface area contributed by atoms with Crippen LogP contribution in [0.25, 0.3) is 5.57 Å². The molecule has 0 saturated heterocycles. The van der Waals surface area contributed by atoms with E-state index in [1.54, 1.807) is 23.2 Å². The fraction of sp³-hybridized carbons (Fsp3) is 0.364. The molecule has 1 N–H and O–H groups in total. The number of carbonyl (C=O) groups excluding carboxylic acids is 2. The minimum absolute atomic E-state index is 0.181. The molecule has 0 unspecified atom stereocenters. The van der Waals surface area contributed by atoms with Crippen molar-refractivity contribution in [1.29, 1.82) is 0 Å². The van der Waals surface area contributed by atoms with Crippen molar-refractivity contribution in [1.82, 2.24) is 14.9 Å². The molecule has 8 heteroatoms. The Labute approximate surface area is 181 Å². The van der Waals surface area contributed by atoms with Gasteiger partial charge >= 0.3 is 6.09 Å². The van der Waals surface area contributed by atoms with Gasteiger partial charge in [0.05, 0.1) is 23.7 Å². The molecule has 3 heterocycles. The maximum Gasteiger partial charge on any atom is 0.410 e. The highest BCUT2D eigenvalue weighted by atomic mass is 35.5. The molecule has 0 saturated carbocycles. The van der Waals surface area contributed by atoms with Crippen LogP contribution in [0.2, 0.25) is 5.02 Å². The minimum Gasteiger partial charge on any atom is -0.444 e. The van der Waals surface area contributed by atoms with E-state index in [0.717, 1.165) is 23.3 Å². The van der Waals surface area contributed by atoms with Gasteiger partial charge in [-0.05, 0) is 56.5 Å². The van der Waals surface area contributed by atoms with E-state index in [-0.39, 0.29) is 18.4 Å². The average molecular weight is 429 g/mol. The second kappa shape index (κ2) is 9.26. The fourth-order valence-corrected chi connectivity index (χ4v) is 3.06. The van der Waals surface area contributed by atoms with Crippen LogP contribution in [0.1, 0.15) is 38.4 Å². The number of pyridine rings is 2. The van der Waals surface area contributed by atoms with Gasteiger partial charge in [0.2, 0.25) is 5.91 Å². The van der Waals surface area contributed by atoms with Crippen molar-refractivity contribution in [3.05, 3.63) is 59.0 Å². The number of halogens is 1. The summed E-state index contributed by atoms with van der Waals surface area (Å²) >= 11 is 5.79. The summed E-state index contributed by atoms with van der Waals surface area (Å²) in [4.78, 5) is 34.8. The van der Waals surface area contributed by atoms with Gasteiger partial charge in [-0.3, -0.25) is 9.78 Å². The second-order valence-electron chi connectivity index (χ2n) is 8.06. The standard InChI is InChI=1S/C22H25ClN4O3/c1-22(2,3)30-21(29)27-10-4-5-16(14-27)18-8-6-15(12-24-18)11-20(28)26-19-9-7-17(23)13-25-19/h5-9,12-13H,4,10-11,14H2,1-3H3,(H,25,26,28). The first-order chi connectivity index (χ1) is 14.2. The summed E-state index contributed by atoms with van der Waals surface area (Å²) in [5.74, 6) is 0.260. The van der Waals surface area contributed by atoms with E-state index in [9.17, 15) is 9.59 Å². The number of nitrogens with zero attached hydrogens (tertiary/aromatic N) is 3. The van der Waals surface area contributed by atoms with Crippen LogP contribution < -0.4 is 5.32 Å². The molecule has 2 aromatic rings. The van der Waals surface area contributed by atoms with Gasteiger partial charge in [-0.25, -0.2) is 9.78 Å². The zero-order chi connectivity index (χ0) is 21.7. The summed E-state index contributed by atoms with van der Waals surface area (Å²) in [6, 6.07) is 7.05. The van der Waals surface area contributed by atoms with Crippen LogP contribution in [0.15, 0.2) is 42.7 Å². The van der Waals surface area contributed by atoms with Crippen LogP contribution in [0, 0.1) is 0 Å². The first-order valence-electron chi connectivity index (χ1n) is 9.73. The second-order valence-corrected chi connectivity index (χ2v) is 8.49. The number of anilines is 1. The van der Waals surface area contributed by atoms with E-state index in [0.29, 0.717) is 23.9 Å². The maximum atomic E-state index is 12.3. The minimum atomic E-state index is -0.527. The van der Waals surface area contributed by atoms with Gasteiger partial charge in [-0.15, -0.1) is 0 Å². The molecule has 0 radical (unpaired) electrons. The van der Waals surface area contributed by atoms with Gasteiger partial charge in [0.25, 0.3) is 0 Å². The van der Waals surface area contributed by atoms with Crippen LogP contribution in [0.5, 0.6) is 0 Å². The predicted octanol–water partition coefficient (Wildman–Crippen LogP) is 4.34. The SMILES string of the molecule is CC(C)(C)OC(=O)N1CCC=C(c2ccc(CC(=O)Nc3ccc(Cl)cn3)cn2)C1. The van der Waals surface area contributed by atoms with Gasteiger partial charge in [0.1, 0.15) is 11.4 Å². The lowest BCUT2D eigenvalue weighted by Crippen LogP contribution is -2.39. The summed E-state index contributed by atoms with van der Waals surface area (Å²) in [6.45, 7) is 6.63. The van der Waals surface area contributed by atoms with Crippen molar-refractivity contribution in [2.24, 2.45) is 0 Å². The molecule has 2 aromatic heterocycles. The van der Waals surface area contributed by atoms with Crippen LogP contribution >= 0.6 is 11.6 Å². The Hall–Kier alpha value is -2.93. The highest BCUT2D eigenvalue weighted by Gasteiger charge is 2.25. The molecular weight excluding hydrogens is 404 g/mol. The van der Waals surface area contributed by atoms with Crippen LogP contribution in [0.4, 0.5) is 10.6 Å². The van der Waals surface area contributed by atoms with Crippen molar-refractivity contribution in [2.75, 3.05) is 18.4 Å². The van der Waals surface area contributed by atoms with Crippen LogP contribution in [0.3, 0.4) is 0 Å². The first-order valence-corrected chi connectivity index (χ1v) is 10.1. The van der Waals surface area contributed by atoms with Crippen LogP contribution in [-0.2, 0) is 16.0 Å². The zero-order valence-corrected chi connectivity index (χ0v) is 18.1. The molecule has 158 valence electrons. The molecule has 0 bridgehead atoms. The van der Waals surface area contributed by atoms with Gasteiger partial charge in [-0.1, -0.05) is 23.7 Å².